The van der Waals surface area contributed by atoms with E-state index < -0.39 is 23.4 Å². The van der Waals surface area contributed by atoms with Crippen LogP contribution in [0.5, 0.6) is 5.75 Å². The third kappa shape index (κ3) is 3.77. The summed E-state index contributed by atoms with van der Waals surface area (Å²) in [6.07, 6.45) is 0. The summed E-state index contributed by atoms with van der Waals surface area (Å²) in [5.41, 5.74) is 0.383. The lowest BCUT2D eigenvalue weighted by Gasteiger charge is -2.33. The van der Waals surface area contributed by atoms with Gasteiger partial charge in [-0.05, 0) is 31.5 Å². The first-order valence-corrected chi connectivity index (χ1v) is 10.6. The van der Waals surface area contributed by atoms with Crippen molar-refractivity contribution in [2.24, 2.45) is 0 Å². The van der Waals surface area contributed by atoms with Gasteiger partial charge in [0.15, 0.2) is 0 Å². The van der Waals surface area contributed by atoms with Gasteiger partial charge in [0.05, 0.1) is 12.3 Å². The lowest BCUT2D eigenvalue weighted by molar-refractivity contribution is -0.143. The number of esters is 1. The maximum atomic E-state index is 13.1. The standard InChI is InChI=1S/C23H20N2O5S/c1-3-29-20(26)18-15(14-9-5-4-6-10-14)13-31-19(18)25-22(28)23(2)21(27)24-16-11-7-8-12-17(16)30-23/h4-13H,3H2,1-2H3,(H,24,27)(H,25,28). The number of hydrogen-bond donors (Lipinski definition) is 2. The van der Waals surface area contributed by atoms with Crippen LogP contribution in [0.1, 0.15) is 24.2 Å². The Hall–Kier alpha value is -3.65. The number of hydrogen-bond acceptors (Lipinski definition) is 6. The fourth-order valence-electron chi connectivity index (χ4n) is 3.22. The maximum absolute atomic E-state index is 13.1. The molecule has 8 heteroatoms. The van der Waals surface area contributed by atoms with E-state index in [2.05, 4.69) is 10.6 Å². The van der Waals surface area contributed by atoms with Gasteiger partial charge in [-0.25, -0.2) is 4.79 Å². The zero-order valence-electron chi connectivity index (χ0n) is 16.9. The summed E-state index contributed by atoms with van der Waals surface area (Å²) in [6, 6.07) is 16.2. The van der Waals surface area contributed by atoms with Crippen molar-refractivity contribution >= 4 is 39.8 Å². The number of para-hydroxylation sites is 2. The minimum Gasteiger partial charge on any atom is -0.466 e. The second-order valence-electron chi connectivity index (χ2n) is 6.98. The fraction of sp³-hybridized carbons (Fsp3) is 0.174. The molecule has 2 heterocycles. The highest BCUT2D eigenvalue weighted by atomic mass is 32.1. The molecule has 2 N–H and O–H groups in total. The predicted molar refractivity (Wildman–Crippen MR) is 118 cm³/mol. The van der Waals surface area contributed by atoms with Gasteiger partial charge < -0.3 is 20.1 Å². The van der Waals surface area contributed by atoms with Crippen molar-refractivity contribution in [3.05, 3.63) is 65.5 Å². The highest BCUT2D eigenvalue weighted by Crippen LogP contribution is 2.38. The van der Waals surface area contributed by atoms with E-state index in [4.69, 9.17) is 9.47 Å². The number of ether oxygens (including phenoxy) is 2. The van der Waals surface area contributed by atoms with Crippen molar-refractivity contribution in [3.63, 3.8) is 0 Å². The number of amides is 2. The Morgan fingerprint density at radius 2 is 1.84 bits per heavy atom. The fourth-order valence-corrected chi connectivity index (χ4v) is 4.18. The second kappa shape index (κ2) is 8.23. The average Bonchev–Trinajstić information content (AvgIpc) is 3.19. The molecule has 1 atom stereocenters. The molecule has 1 aromatic heterocycles. The third-order valence-corrected chi connectivity index (χ3v) is 5.79. The summed E-state index contributed by atoms with van der Waals surface area (Å²) in [4.78, 5) is 38.5. The van der Waals surface area contributed by atoms with E-state index in [0.29, 0.717) is 22.0 Å². The van der Waals surface area contributed by atoms with Gasteiger partial charge in [0, 0.05) is 10.9 Å². The van der Waals surface area contributed by atoms with E-state index in [1.807, 2.05) is 30.3 Å². The molecule has 3 aromatic rings. The molecule has 0 spiro atoms. The van der Waals surface area contributed by atoms with Crippen LogP contribution in [0.25, 0.3) is 11.1 Å². The number of rotatable bonds is 5. The van der Waals surface area contributed by atoms with Crippen LogP contribution in [-0.2, 0) is 14.3 Å². The topological polar surface area (TPSA) is 93.7 Å². The van der Waals surface area contributed by atoms with Gasteiger partial charge in [-0.1, -0.05) is 42.5 Å². The predicted octanol–water partition coefficient (Wildman–Crippen LogP) is 4.32. The first kappa shape index (κ1) is 20.6. The van der Waals surface area contributed by atoms with Crippen LogP contribution >= 0.6 is 11.3 Å². The molecule has 2 amide bonds. The average molecular weight is 436 g/mol. The minimum atomic E-state index is -1.81. The number of carbonyl (C=O) groups is 3. The van der Waals surface area contributed by atoms with Gasteiger partial charge in [-0.15, -0.1) is 11.3 Å². The molecule has 0 saturated heterocycles. The van der Waals surface area contributed by atoms with Crippen molar-refractivity contribution in [1.29, 1.82) is 0 Å². The summed E-state index contributed by atoms with van der Waals surface area (Å²) < 4.78 is 11.0. The van der Waals surface area contributed by atoms with Crippen molar-refractivity contribution in [3.8, 4) is 16.9 Å². The van der Waals surface area contributed by atoms with Gasteiger partial charge in [-0.2, -0.15) is 0 Å². The van der Waals surface area contributed by atoms with Crippen LogP contribution in [0.15, 0.2) is 60.0 Å². The Morgan fingerprint density at radius 3 is 2.58 bits per heavy atom. The lowest BCUT2D eigenvalue weighted by atomic mass is 10.0. The van der Waals surface area contributed by atoms with Crippen LogP contribution in [0.4, 0.5) is 10.7 Å². The van der Waals surface area contributed by atoms with E-state index in [1.54, 1.807) is 36.6 Å². The molecule has 158 valence electrons. The zero-order chi connectivity index (χ0) is 22.0. The molecule has 0 bridgehead atoms. The van der Waals surface area contributed by atoms with Gasteiger partial charge in [0.25, 0.3) is 17.4 Å². The van der Waals surface area contributed by atoms with Crippen LogP contribution in [0.2, 0.25) is 0 Å². The Morgan fingerprint density at radius 1 is 1.13 bits per heavy atom. The molecule has 0 aliphatic carbocycles. The lowest BCUT2D eigenvalue weighted by Crippen LogP contribution is -2.56. The second-order valence-corrected chi connectivity index (χ2v) is 7.86. The van der Waals surface area contributed by atoms with Crippen molar-refractivity contribution < 1.29 is 23.9 Å². The van der Waals surface area contributed by atoms with Crippen molar-refractivity contribution in [2.75, 3.05) is 17.2 Å². The number of fused-ring (bicyclic) bond motifs is 1. The van der Waals surface area contributed by atoms with Gasteiger partial charge >= 0.3 is 5.97 Å². The number of anilines is 2. The molecular weight excluding hydrogens is 416 g/mol. The Balaban J connectivity index is 1.68. The Kier molecular flexibility index (Phi) is 5.48. The molecule has 1 unspecified atom stereocenters. The quantitative estimate of drug-likeness (QED) is 0.459. The number of nitrogens with one attached hydrogen (secondary N) is 2. The molecule has 4 rings (SSSR count). The number of thiophene rings is 1. The SMILES string of the molecule is CCOC(=O)c1c(-c2ccccc2)csc1NC(=O)C1(C)Oc2ccccc2NC1=O. The van der Waals surface area contributed by atoms with Crippen LogP contribution in [0.3, 0.4) is 0 Å². The monoisotopic (exact) mass is 436 g/mol. The normalized spacial score (nSPS) is 17.2. The van der Waals surface area contributed by atoms with Crippen LogP contribution < -0.4 is 15.4 Å². The smallest absolute Gasteiger partial charge is 0.341 e. The number of benzene rings is 2. The maximum Gasteiger partial charge on any atom is 0.341 e. The van der Waals surface area contributed by atoms with Gasteiger partial charge in [0.1, 0.15) is 16.3 Å². The van der Waals surface area contributed by atoms with Crippen LogP contribution in [-0.4, -0.2) is 30.0 Å². The first-order chi connectivity index (χ1) is 14.9. The first-order valence-electron chi connectivity index (χ1n) is 9.69. The van der Waals surface area contributed by atoms with E-state index in [1.165, 1.54) is 18.3 Å². The summed E-state index contributed by atoms with van der Waals surface area (Å²) in [5.74, 6) is -1.45. The summed E-state index contributed by atoms with van der Waals surface area (Å²) in [6.45, 7) is 3.29. The van der Waals surface area contributed by atoms with E-state index in [0.717, 1.165) is 5.56 Å². The molecule has 0 saturated carbocycles. The molecule has 2 aromatic carbocycles. The molecular formula is C23H20N2O5S. The minimum absolute atomic E-state index is 0.191. The van der Waals surface area contributed by atoms with E-state index in [-0.39, 0.29) is 12.2 Å². The number of carbonyl (C=O) groups excluding carboxylic acids is 3. The molecule has 1 aliphatic heterocycles. The third-order valence-electron chi connectivity index (χ3n) is 4.90. The molecule has 0 radical (unpaired) electrons. The van der Waals surface area contributed by atoms with E-state index >= 15 is 0 Å². The van der Waals surface area contributed by atoms with E-state index in [9.17, 15) is 14.4 Å². The van der Waals surface area contributed by atoms with Crippen molar-refractivity contribution in [2.45, 2.75) is 19.4 Å². The highest BCUT2D eigenvalue weighted by Gasteiger charge is 2.47. The van der Waals surface area contributed by atoms with Gasteiger partial charge in [-0.3, -0.25) is 9.59 Å². The largest absolute Gasteiger partial charge is 0.466 e. The molecule has 7 nitrogen and oxygen atoms in total. The Labute approximate surface area is 183 Å². The molecule has 0 fully saturated rings. The molecule has 1 aliphatic rings. The van der Waals surface area contributed by atoms with Gasteiger partial charge in [0.2, 0.25) is 0 Å². The molecule has 31 heavy (non-hydrogen) atoms. The zero-order valence-corrected chi connectivity index (χ0v) is 17.7. The summed E-state index contributed by atoms with van der Waals surface area (Å²) >= 11 is 1.18. The Bertz CT molecular complexity index is 1160. The van der Waals surface area contributed by atoms with Crippen LogP contribution in [0, 0.1) is 0 Å². The summed E-state index contributed by atoms with van der Waals surface area (Å²) in [5, 5.41) is 7.46. The summed E-state index contributed by atoms with van der Waals surface area (Å²) in [7, 11) is 0. The highest BCUT2D eigenvalue weighted by molar-refractivity contribution is 7.15. The van der Waals surface area contributed by atoms with Crippen molar-refractivity contribution in [1.82, 2.24) is 0 Å².